The van der Waals surface area contributed by atoms with E-state index in [1.165, 1.54) is 55.6 Å². The van der Waals surface area contributed by atoms with E-state index in [1.807, 2.05) is 6.07 Å². The summed E-state index contributed by atoms with van der Waals surface area (Å²) < 4.78 is 0. The zero-order valence-electron chi connectivity index (χ0n) is 26.7. The summed E-state index contributed by atoms with van der Waals surface area (Å²) in [5.74, 6) is 0.740. The second kappa shape index (κ2) is 10.8. The molecule has 49 heavy (non-hydrogen) atoms. The van der Waals surface area contributed by atoms with Crippen LogP contribution in [0, 0.1) is 0 Å². The van der Waals surface area contributed by atoms with Crippen LogP contribution in [0.2, 0.25) is 0 Å². The van der Waals surface area contributed by atoms with Crippen molar-refractivity contribution >= 4 is 0 Å². The maximum Gasteiger partial charge on any atom is 0.160 e. The molecule has 8 aromatic rings. The average molecular weight is 623 g/mol. The molecule has 0 amide bonds. The molecular weight excluding hydrogens is 593 g/mol. The minimum Gasteiger partial charge on any atom is -0.231 e. The summed E-state index contributed by atoms with van der Waals surface area (Å²) in [4.78, 5) is 10.9. The fourth-order valence-corrected chi connectivity index (χ4v) is 8.15. The normalized spacial score (nSPS) is 15.0. The molecule has 2 nitrogen and oxygen atoms in total. The van der Waals surface area contributed by atoms with E-state index in [0.29, 0.717) is 0 Å². The fourth-order valence-electron chi connectivity index (χ4n) is 8.15. The Kier molecular flexibility index (Phi) is 6.13. The number of rotatable bonds is 4. The van der Waals surface area contributed by atoms with Gasteiger partial charge in [0.2, 0.25) is 0 Å². The van der Waals surface area contributed by atoms with Gasteiger partial charge >= 0.3 is 0 Å². The molecule has 0 radical (unpaired) electrons. The van der Waals surface area contributed by atoms with Crippen LogP contribution in [0.3, 0.4) is 0 Å². The average Bonchev–Trinajstić information content (AvgIpc) is 3.66. The van der Waals surface area contributed by atoms with Crippen molar-refractivity contribution in [2.45, 2.75) is 5.41 Å². The van der Waals surface area contributed by atoms with Crippen LogP contribution in [-0.2, 0) is 5.41 Å². The van der Waals surface area contributed by atoms with E-state index >= 15 is 0 Å². The predicted molar refractivity (Wildman–Crippen MR) is 200 cm³/mol. The lowest BCUT2D eigenvalue weighted by Gasteiger charge is -2.30. The lowest BCUT2D eigenvalue weighted by Crippen LogP contribution is -2.27. The molecule has 228 valence electrons. The van der Waals surface area contributed by atoms with Crippen LogP contribution in [0.25, 0.3) is 67.2 Å². The van der Waals surface area contributed by atoms with Gasteiger partial charge < -0.3 is 0 Å². The molecule has 0 saturated heterocycles. The quantitative estimate of drug-likeness (QED) is 0.195. The van der Waals surface area contributed by atoms with E-state index in [2.05, 4.69) is 176 Å². The molecule has 7 aromatic carbocycles. The highest BCUT2D eigenvalue weighted by molar-refractivity contribution is 5.99. The van der Waals surface area contributed by atoms with Gasteiger partial charge in [-0.2, -0.15) is 0 Å². The van der Waals surface area contributed by atoms with Gasteiger partial charge in [-0.1, -0.05) is 176 Å². The predicted octanol–water partition coefficient (Wildman–Crippen LogP) is 11.5. The molecule has 2 aliphatic rings. The summed E-state index contributed by atoms with van der Waals surface area (Å²) in [5.41, 5.74) is 16.9. The van der Waals surface area contributed by atoms with Crippen molar-refractivity contribution in [2.75, 3.05) is 0 Å². The molecule has 10 rings (SSSR count). The van der Waals surface area contributed by atoms with Gasteiger partial charge in [-0.25, -0.2) is 9.97 Å². The van der Waals surface area contributed by atoms with Crippen molar-refractivity contribution in [1.29, 1.82) is 0 Å². The lowest BCUT2D eigenvalue weighted by molar-refractivity contribution is 0.758. The number of fused-ring (bicyclic) bond motifs is 10. The Morgan fingerprint density at radius 1 is 0.327 bits per heavy atom. The molecule has 1 unspecified atom stereocenters. The first kappa shape index (κ1) is 27.7. The molecule has 2 aliphatic carbocycles. The minimum absolute atomic E-state index is 0.603. The van der Waals surface area contributed by atoms with Crippen LogP contribution >= 0.6 is 0 Å². The highest BCUT2D eigenvalue weighted by Crippen LogP contribution is 2.63. The first-order valence-corrected chi connectivity index (χ1v) is 16.8. The molecular formula is C47H30N2. The maximum absolute atomic E-state index is 5.59. The van der Waals surface area contributed by atoms with Gasteiger partial charge in [-0.3, -0.25) is 0 Å². The SMILES string of the molecule is c1ccc(-c2ccc(-c3ccc4c(c3)C3(c5ccccc5-4)c4ccccc4-c4c(-c5ccccc5)nc(-c5ccccc5)nc43)cc2)cc1. The van der Waals surface area contributed by atoms with Gasteiger partial charge in [0.1, 0.15) is 0 Å². The van der Waals surface area contributed by atoms with E-state index in [1.54, 1.807) is 0 Å². The fraction of sp³-hybridized carbons (Fsp3) is 0.0213. The topological polar surface area (TPSA) is 25.8 Å². The van der Waals surface area contributed by atoms with E-state index in [0.717, 1.165) is 33.9 Å². The summed E-state index contributed by atoms with van der Waals surface area (Å²) in [6, 6.07) is 65.3. The van der Waals surface area contributed by atoms with Crippen molar-refractivity contribution in [3.05, 3.63) is 204 Å². The number of nitrogens with zero attached hydrogens (tertiary/aromatic N) is 2. The number of hydrogen-bond acceptors (Lipinski definition) is 2. The van der Waals surface area contributed by atoms with Crippen molar-refractivity contribution < 1.29 is 0 Å². The molecule has 0 bridgehead atoms. The van der Waals surface area contributed by atoms with E-state index < -0.39 is 5.41 Å². The second-order valence-corrected chi connectivity index (χ2v) is 12.9. The summed E-state index contributed by atoms with van der Waals surface area (Å²) in [7, 11) is 0. The van der Waals surface area contributed by atoms with Crippen LogP contribution in [0.4, 0.5) is 0 Å². The molecule has 0 aliphatic heterocycles. The van der Waals surface area contributed by atoms with Crippen LogP contribution in [-0.4, -0.2) is 9.97 Å². The highest BCUT2D eigenvalue weighted by Gasteiger charge is 2.54. The van der Waals surface area contributed by atoms with Crippen LogP contribution in [0.15, 0.2) is 182 Å². The molecule has 1 atom stereocenters. The zero-order valence-corrected chi connectivity index (χ0v) is 26.7. The zero-order chi connectivity index (χ0) is 32.4. The van der Waals surface area contributed by atoms with Crippen LogP contribution in [0.5, 0.6) is 0 Å². The largest absolute Gasteiger partial charge is 0.231 e. The Labute approximate surface area is 286 Å². The van der Waals surface area contributed by atoms with E-state index in [-0.39, 0.29) is 0 Å². The molecule has 0 N–H and O–H groups in total. The standard InChI is InChI=1S/C47H30N2/c1-4-14-31(15-5-1)32-24-26-33(27-25-32)36-28-29-38-37-20-10-12-22-40(37)47(42(38)30-36)41-23-13-11-21-39(41)43-44(34-16-6-2-7-17-34)48-46(49-45(43)47)35-18-8-3-9-19-35/h1-30H. The Bertz CT molecular complexity index is 2520. The molecule has 2 heteroatoms. The Morgan fingerprint density at radius 2 is 0.796 bits per heavy atom. The summed E-state index contributed by atoms with van der Waals surface area (Å²) in [6.45, 7) is 0. The third kappa shape index (κ3) is 4.07. The minimum atomic E-state index is -0.603. The first-order chi connectivity index (χ1) is 24.3. The summed E-state index contributed by atoms with van der Waals surface area (Å²) in [6.07, 6.45) is 0. The third-order valence-corrected chi connectivity index (χ3v) is 10.3. The third-order valence-electron chi connectivity index (χ3n) is 10.3. The molecule has 1 heterocycles. The highest BCUT2D eigenvalue weighted by atomic mass is 14.9. The van der Waals surface area contributed by atoms with Gasteiger partial charge in [0.05, 0.1) is 16.8 Å². The number of hydrogen-bond donors (Lipinski definition) is 0. The number of aromatic nitrogens is 2. The smallest absolute Gasteiger partial charge is 0.160 e. The van der Waals surface area contributed by atoms with Gasteiger partial charge in [0, 0.05) is 16.7 Å². The van der Waals surface area contributed by atoms with Gasteiger partial charge in [0.15, 0.2) is 5.82 Å². The first-order valence-electron chi connectivity index (χ1n) is 16.8. The van der Waals surface area contributed by atoms with Crippen molar-refractivity contribution in [1.82, 2.24) is 9.97 Å². The summed E-state index contributed by atoms with van der Waals surface area (Å²) >= 11 is 0. The van der Waals surface area contributed by atoms with Crippen molar-refractivity contribution in [3.63, 3.8) is 0 Å². The Morgan fingerprint density at radius 3 is 1.47 bits per heavy atom. The molecule has 1 aromatic heterocycles. The Balaban J connectivity index is 1.27. The monoisotopic (exact) mass is 622 g/mol. The Hall–Kier alpha value is -6.38. The molecule has 1 spiro atoms. The summed E-state index contributed by atoms with van der Waals surface area (Å²) in [5, 5.41) is 0. The van der Waals surface area contributed by atoms with Gasteiger partial charge in [-0.15, -0.1) is 0 Å². The van der Waals surface area contributed by atoms with Crippen molar-refractivity contribution in [2.24, 2.45) is 0 Å². The van der Waals surface area contributed by atoms with Gasteiger partial charge in [-0.05, 0) is 61.7 Å². The van der Waals surface area contributed by atoms with Crippen molar-refractivity contribution in [3.8, 4) is 67.2 Å². The maximum atomic E-state index is 5.59. The van der Waals surface area contributed by atoms with Gasteiger partial charge in [0.25, 0.3) is 0 Å². The number of benzene rings is 7. The van der Waals surface area contributed by atoms with Crippen LogP contribution in [0.1, 0.15) is 22.4 Å². The van der Waals surface area contributed by atoms with E-state index in [4.69, 9.17) is 9.97 Å². The van der Waals surface area contributed by atoms with E-state index in [9.17, 15) is 0 Å². The lowest BCUT2D eigenvalue weighted by atomic mass is 9.72. The van der Waals surface area contributed by atoms with Crippen LogP contribution < -0.4 is 0 Å². The molecule has 0 saturated carbocycles. The second-order valence-electron chi connectivity index (χ2n) is 12.9. The molecule has 0 fully saturated rings.